The largest absolute Gasteiger partial charge is 0.309 e. The summed E-state index contributed by atoms with van der Waals surface area (Å²) in [7, 11) is -3.64. The lowest BCUT2D eigenvalue weighted by molar-refractivity contribution is 0.597. The van der Waals surface area contributed by atoms with Gasteiger partial charge in [-0.3, -0.25) is 0 Å². The zero-order valence-corrected chi connectivity index (χ0v) is 12.2. The average molecular weight is 290 g/mol. The summed E-state index contributed by atoms with van der Waals surface area (Å²) in [6.45, 7) is 3.39. The Kier molecular flexibility index (Phi) is 4.54. The smallest absolute Gasteiger partial charge is 0.238 e. The van der Waals surface area contributed by atoms with Crippen molar-refractivity contribution in [1.82, 2.24) is 5.32 Å². The molecule has 0 aliphatic heterocycles. The van der Waals surface area contributed by atoms with Gasteiger partial charge in [-0.1, -0.05) is 42.0 Å². The molecule has 5 heteroatoms. The number of nitrogens with two attached hydrogens (primary N) is 1. The first kappa shape index (κ1) is 14.7. The van der Waals surface area contributed by atoms with Gasteiger partial charge in [0, 0.05) is 13.1 Å². The first-order valence-electron chi connectivity index (χ1n) is 6.33. The van der Waals surface area contributed by atoms with Gasteiger partial charge in [-0.25, -0.2) is 13.6 Å². The molecule has 0 unspecified atom stereocenters. The predicted molar refractivity (Wildman–Crippen MR) is 79.5 cm³/mol. The second-order valence-corrected chi connectivity index (χ2v) is 6.35. The molecule has 0 heterocycles. The molecule has 0 atom stereocenters. The normalized spacial score (nSPS) is 11.5. The van der Waals surface area contributed by atoms with Crippen LogP contribution in [0, 0.1) is 6.92 Å². The van der Waals surface area contributed by atoms with E-state index >= 15 is 0 Å². The van der Waals surface area contributed by atoms with Crippen molar-refractivity contribution >= 4 is 10.0 Å². The molecule has 0 radical (unpaired) electrons. The second kappa shape index (κ2) is 6.17. The second-order valence-electron chi connectivity index (χ2n) is 4.79. The Labute approximate surface area is 119 Å². The van der Waals surface area contributed by atoms with Gasteiger partial charge in [0.05, 0.1) is 4.90 Å². The first-order chi connectivity index (χ1) is 9.45. The maximum Gasteiger partial charge on any atom is 0.238 e. The number of hydrogen-bond donors (Lipinski definition) is 2. The molecule has 0 saturated heterocycles. The van der Waals surface area contributed by atoms with Gasteiger partial charge in [0.2, 0.25) is 10.0 Å². The number of benzene rings is 2. The van der Waals surface area contributed by atoms with Gasteiger partial charge in [0.1, 0.15) is 0 Å². The fourth-order valence-electron chi connectivity index (χ4n) is 2.01. The molecule has 0 bridgehead atoms. The Morgan fingerprint density at radius 2 is 1.60 bits per heavy atom. The third-order valence-corrected chi connectivity index (χ3v) is 3.88. The van der Waals surface area contributed by atoms with Gasteiger partial charge >= 0.3 is 0 Å². The Balaban J connectivity index is 1.98. The van der Waals surface area contributed by atoms with E-state index in [-0.39, 0.29) is 4.90 Å². The number of aryl methyl sites for hydroxylation is 1. The van der Waals surface area contributed by atoms with E-state index in [1.165, 1.54) is 17.2 Å². The minimum atomic E-state index is -3.64. The van der Waals surface area contributed by atoms with Crippen LogP contribution in [0.1, 0.15) is 16.7 Å². The van der Waals surface area contributed by atoms with Gasteiger partial charge in [-0.2, -0.15) is 0 Å². The van der Waals surface area contributed by atoms with Gasteiger partial charge in [-0.15, -0.1) is 0 Å². The van der Waals surface area contributed by atoms with E-state index in [4.69, 9.17) is 5.14 Å². The van der Waals surface area contributed by atoms with Crippen molar-refractivity contribution < 1.29 is 8.42 Å². The van der Waals surface area contributed by atoms with Crippen molar-refractivity contribution in [3.63, 3.8) is 0 Å². The molecule has 3 N–H and O–H groups in total. The van der Waals surface area contributed by atoms with Gasteiger partial charge in [-0.05, 0) is 30.2 Å². The molecule has 0 spiro atoms. The molecule has 0 fully saturated rings. The van der Waals surface area contributed by atoms with Crippen LogP contribution in [0.4, 0.5) is 0 Å². The van der Waals surface area contributed by atoms with Crippen molar-refractivity contribution in [3.05, 3.63) is 65.2 Å². The third-order valence-electron chi connectivity index (χ3n) is 2.97. The molecule has 0 aliphatic carbocycles. The number of hydrogen-bond acceptors (Lipinski definition) is 3. The average Bonchev–Trinajstić information content (AvgIpc) is 2.38. The minimum absolute atomic E-state index is 0.146. The molecule has 0 amide bonds. The summed E-state index contributed by atoms with van der Waals surface area (Å²) in [6.07, 6.45) is 0. The third kappa shape index (κ3) is 4.16. The van der Waals surface area contributed by atoms with Crippen molar-refractivity contribution in [2.45, 2.75) is 24.9 Å². The number of rotatable bonds is 5. The van der Waals surface area contributed by atoms with E-state index in [0.29, 0.717) is 6.54 Å². The van der Waals surface area contributed by atoms with E-state index < -0.39 is 10.0 Å². The van der Waals surface area contributed by atoms with Gasteiger partial charge < -0.3 is 5.32 Å². The highest BCUT2D eigenvalue weighted by Gasteiger charge is 2.07. The van der Waals surface area contributed by atoms with E-state index in [1.54, 1.807) is 12.1 Å². The van der Waals surface area contributed by atoms with E-state index in [0.717, 1.165) is 12.1 Å². The summed E-state index contributed by atoms with van der Waals surface area (Å²) >= 11 is 0. The number of primary sulfonamides is 1. The van der Waals surface area contributed by atoms with Crippen LogP contribution in [0.2, 0.25) is 0 Å². The molecule has 2 aromatic rings. The summed E-state index contributed by atoms with van der Waals surface area (Å²) < 4.78 is 22.6. The van der Waals surface area contributed by atoms with Gasteiger partial charge in [0.25, 0.3) is 0 Å². The number of sulfonamides is 1. The van der Waals surface area contributed by atoms with Gasteiger partial charge in [0.15, 0.2) is 0 Å². The molecule has 106 valence electrons. The van der Waals surface area contributed by atoms with Crippen LogP contribution in [0.3, 0.4) is 0 Å². The van der Waals surface area contributed by atoms with Crippen LogP contribution in [0.15, 0.2) is 53.4 Å². The lowest BCUT2D eigenvalue weighted by Gasteiger charge is -2.07. The number of nitrogens with one attached hydrogen (secondary N) is 1. The highest BCUT2D eigenvalue weighted by atomic mass is 32.2. The van der Waals surface area contributed by atoms with Crippen molar-refractivity contribution in [2.24, 2.45) is 5.14 Å². The SMILES string of the molecule is Cc1cccc(CNCc2cccc(S(N)(=O)=O)c2)c1. The zero-order chi connectivity index (χ0) is 14.6. The highest BCUT2D eigenvalue weighted by Crippen LogP contribution is 2.10. The molecule has 0 aromatic heterocycles. The van der Waals surface area contributed by atoms with Crippen molar-refractivity contribution in [3.8, 4) is 0 Å². The van der Waals surface area contributed by atoms with E-state index in [9.17, 15) is 8.42 Å². The lowest BCUT2D eigenvalue weighted by atomic mass is 10.1. The highest BCUT2D eigenvalue weighted by molar-refractivity contribution is 7.89. The summed E-state index contributed by atoms with van der Waals surface area (Å²) in [5.74, 6) is 0. The quantitative estimate of drug-likeness (QED) is 0.884. The molecule has 0 aliphatic rings. The van der Waals surface area contributed by atoms with Crippen LogP contribution in [-0.4, -0.2) is 8.42 Å². The molecule has 2 aromatic carbocycles. The first-order valence-corrected chi connectivity index (χ1v) is 7.88. The molecule has 4 nitrogen and oxygen atoms in total. The topological polar surface area (TPSA) is 72.2 Å². The summed E-state index contributed by atoms with van der Waals surface area (Å²) in [5.41, 5.74) is 3.32. The zero-order valence-electron chi connectivity index (χ0n) is 11.3. The molecule has 20 heavy (non-hydrogen) atoms. The summed E-state index contributed by atoms with van der Waals surface area (Å²) in [6, 6.07) is 14.9. The Bertz CT molecular complexity index is 697. The van der Waals surface area contributed by atoms with Crippen LogP contribution >= 0.6 is 0 Å². The van der Waals surface area contributed by atoms with Crippen molar-refractivity contribution in [1.29, 1.82) is 0 Å². The standard InChI is InChI=1S/C15H18N2O2S/c1-12-4-2-5-13(8-12)10-17-11-14-6-3-7-15(9-14)20(16,18)19/h2-9,17H,10-11H2,1H3,(H2,16,18,19). The molecule has 0 saturated carbocycles. The minimum Gasteiger partial charge on any atom is -0.309 e. The Morgan fingerprint density at radius 1 is 1.00 bits per heavy atom. The van der Waals surface area contributed by atoms with E-state index in [1.807, 2.05) is 12.1 Å². The van der Waals surface area contributed by atoms with Crippen molar-refractivity contribution in [2.75, 3.05) is 0 Å². The Morgan fingerprint density at radius 3 is 2.20 bits per heavy atom. The van der Waals surface area contributed by atoms with Crippen LogP contribution in [0.5, 0.6) is 0 Å². The molecular formula is C15H18N2O2S. The fraction of sp³-hybridized carbons (Fsp3) is 0.200. The maximum atomic E-state index is 11.3. The van der Waals surface area contributed by atoms with Crippen LogP contribution < -0.4 is 10.5 Å². The molecular weight excluding hydrogens is 272 g/mol. The maximum absolute atomic E-state index is 11.3. The van der Waals surface area contributed by atoms with Crippen LogP contribution in [0.25, 0.3) is 0 Å². The summed E-state index contributed by atoms with van der Waals surface area (Å²) in [5, 5.41) is 8.40. The fourth-order valence-corrected chi connectivity index (χ4v) is 2.59. The predicted octanol–water partition coefficient (Wildman–Crippen LogP) is 1.93. The lowest BCUT2D eigenvalue weighted by Crippen LogP contribution is -2.15. The van der Waals surface area contributed by atoms with Crippen LogP contribution in [-0.2, 0) is 23.1 Å². The Hall–Kier alpha value is -1.69. The monoisotopic (exact) mass is 290 g/mol. The van der Waals surface area contributed by atoms with E-state index in [2.05, 4.69) is 30.4 Å². The molecule has 2 rings (SSSR count). The summed E-state index contributed by atoms with van der Waals surface area (Å²) in [4.78, 5) is 0.146.